The van der Waals surface area contributed by atoms with E-state index in [9.17, 15) is 19.8 Å². The van der Waals surface area contributed by atoms with Gasteiger partial charge in [-0.2, -0.15) is 0 Å². The van der Waals surface area contributed by atoms with Crippen molar-refractivity contribution < 1.29 is 24.5 Å². The van der Waals surface area contributed by atoms with E-state index in [1.54, 1.807) is 0 Å². The molecule has 0 aromatic heterocycles. The summed E-state index contributed by atoms with van der Waals surface area (Å²) in [5.74, 6) is -0.0527. The van der Waals surface area contributed by atoms with E-state index in [-0.39, 0.29) is 18.5 Å². The number of hydrogen-bond acceptors (Lipinski definition) is 5. The van der Waals surface area contributed by atoms with Crippen LogP contribution in [0.15, 0.2) is 24.3 Å². The van der Waals surface area contributed by atoms with Gasteiger partial charge in [-0.1, -0.05) is 256 Å². The lowest BCUT2D eigenvalue weighted by molar-refractivity contribution is -0.143. The molecule has 3 N–H and O–H groups in total. The summed E-state index contributed by atoms with van der Waals surface area (Å²) in [5, 5.41) is 23.3. The quantitative estimate of drug-likeness (QED) is 0.0321. The predicted octanol–water partition coefficient (Wildman–Crippen LogP) is 18.2. The van der Waals surface area contributed by atoms with E-state index < -0.39 is 12.1 Å². The SMILES string of the molecule is CCCCCCC/C=C\CCCCCCCC(=O)OCCCCCCCCCCC/C=C\CCCCCCCC(=O)NC(CO)C(O)CCCCCCCCCCCCCCCCCCC. The third kappa shape index (κ3) is 51.7. The van der Waals surface area contributed by atoms with Crippen LogP contribution in [0.1, 0.15) is 322 Å². The van der Waals surface area contributed by atoms with Gasteiger partial charge in [-0.15, -0.1) is 0 Å². The van der Waals surface area contributed by atoms with Gasteiger partial charge in [-0.25, -0.2) is 0 Å². The topological polar surface area (TPSA) is 95.9 Å². The number of rotatable bonds is 55. The molecule has 2 unspecified atom stereocenters. The number of aliphatic hydroxyl groups excluding tert-OH is 2. The summed E-state index contributed by atoms with van der Waals surface area (Å²) in [5.41, 5.74) is 0. The fraction of sp³-hybridized carbons (Fsp3) is 0.900. The van der Waals surface area contributed by atoms with Gasteiger partial charge in [0.15, 0.2) is 0 Å². The third-order valence-corrected chi connectivity index (χ3v) is 13.7. The zero-order valence-corrected chi connectivity index (χ0v) is 44.4. The maximum atomic E-state index is 12.5. The van der Waals surface area contributed by atoms with E-state index in [1.165, 1.54) is 231 Å². The minimum atomic E-state index is -0.673. The first kappa shape index (κ1) is 64.3. The lowest BCUT2D eigenvalue weighted by Gasteiger charge is -2.22. The van der Waals surface area contributed by atoms with Crippen LogP contribution in [0.2, 0.25) is 0 Å². The molecule has 1 amide bonds. The van der Waals surface area contributed by atoms with Gasteiger partial charge >= 0.3 is 5.97 Å². The summed E-state index contributed by atoms with van der Waals surface area (Å²) in [4.78, 5) is 24.5. The van der Waals surface area contributed by atoms with Crippen molar-refractivity contribution in [2.75, 3.05) is 13.2 Å². The molecule has 6 nitrogen and oxygen atoms in total. The molecule has 0 rings (SSSR count). The second-order valence-electron chi connectivity index (χ2n) is 20.3. The Balaban J connectivity index is 3.45. The summed E-state index contributed by atoms with van der Waals surface area (Å²) < 4.78 is 5.47. The number of aliphatic hydroxyl groups is 2. The molecule has 0 aliphatic carbocycles. The molecule has 0 aliphatic rings. The molecule has 0 spiro atoms. The number of allylic oxidation sites excluding steroid dienone is 4. The van der Waals surface area contributed by atoms with Gasteiger partial charge in [0.2, 0.25) is 5.91 Å². The molecule has 0 bridgehead atoms. The van der Waals surface area contributed by atoms with Gasteiger partial charge in [0.05, 0.1) is 25.4 Å². The van der Waals surface area contributed by atoms with Crippen LogP contribution in [-0.2, 0) is 14.3 Å². The Labute approximate surface area is 411 Å². The fourth-order valence-corrected chi connectivity index (χ4v) is 9.16. The first-order valence-electron chi connectivity index (χ1n) is 29.6. The van der Waals surface area contributed by atoms with E-state index in [4.69, 9.17) is 4.74 Å². The molecule has 0 fully saturated rings. The minimum absolute atomic E-state index is 0.00523. The van der Waals surface area contributed by atoms with Gasteiger partial charge in [0.1, 0.15) is 0 Å². The summed E-state index contributed by atoms with van der Waals surface area (Å²) in [7, 11) is 0. The highest BCUT2D eigenvalue weighted by Crippen LogP contribution is 2.17. The molecule has 0 aromatic rings. The van der Waals surface area contributed by atoms with Gasteiger partial charge < -0.3 is 20.3 Å². The van der Waals surface area contributed by atoms with Crippen molar-refractivity contribution in [1.82, 2.24) is 5.32 Å². The monoisotopic (exact) mass is 930 g/mol. The van der Waals surface area contributed by atoms with E-state index >= 15 is 0 Å². The van der Waals surface area contributed by atoms with E-state index in [0.717, 1.165) is 57.8 Å². The third-order valence-electron chi connectivity index (χ3n) is 13.7. The Morgan fingerprint density at radius 3 is 1.08 bits per heavy atom. The number of nitrogens with one attached hydrogen (secondary N) is 1. The Kier molecular flexibility index (Phi) is 54.5. The number of amides is 1. The number of hydrogen-bond donors (Lipinski definition) is 3. The lowest BCUT2D eigenvalue weighted by atomic mass is 10.0. The van der Waals surface area contributed by atoms with Crippen LogP contribution in [0.5, 0.6) is 0 Å². The van der Waals surface area contributed by atoms with Crippen LogP contribution < -0.4 is 5.32 Å². The van der Waals surface area contributed by atoms with Gasteiger partial charge in [0, 0.05) is 12.8 Å². The smallest absolute Gasteiger partial charge is 0.305 e. The van der Waals surface area contributed by atoms with Crippen LogP contribution in [0.25, 0.3) is 0 Å². The average molecular weight is 931 g/mol. The molecule has 6 heteroatoms. The highest BCUT2D eigenvalue weighted by molar-refractivity contribution is 5.76. The van der Waals surface area contributed by atoms with Crippen molar-refractivity contribution in [3.63, 3.8) is 0 Å². The van der Waals surface area contributed by atoms with E-state index in [2.05, 4.69) is 43.5 Å². The Morgan fingerprint density at radius 1 is 0.409 bits per heavy atom. The molecule has 0 saturated carbocycles. The molecule has 0 heterocycles. The highest BCUT2D eigenvalue weighted by Gasteiger charge is 2.20. The maximum Gasteiger partial charge on any atom is 0.305 e. The first-order chi connectivity index (χ1) is 32.5. The zero-order valence-electron chi connectivity index (χ0n) is 44.4. The number of esters is 1. The standard InChI is InChI=1S/C60H115NO5/c1-3-5-7-9-11-13-15-17-19-22-25-28-32-36-40-44-48-52-58(63)57(56-62)61-59(64)53-49-45-41-37-33-29-26-23-20-21-24-27-31-35-39-43-47-51-55-66-60(65)54-50-46-42-38-34-30-18-16-14-12-10-8-6-4-2/h16,18,23,26,57-58,62-63H,3-15,17,19-22,24-25,27-56H2,1-2H3,(H,61,64)/b18-16-,26-23-. The van der Waals surface area contributed by atoms with Crippen molar-refractivity contribution in [1.29, 1.82) is 0 Å². The average Bonchev–Trinajstić information content (AvgIpc) is 3.32. The Hall–Kier alpha value is -1.66. The number of ether oxygens (including phenoxy) is 1. The first-order valence-corrected chi connectivity index (χ1v) is 29.6. The van der Waals surface area contributed by atoms with Crippen molar-refractivity contribution in [3.05, 3.63) is 24.3 Å². The van der Waals surface area contributed by atoms with Crippen LogP contribution in [0, 0.1) is 0 Å². The second kappa shape index (κ2) is 55.9. The summed E-state index contributed by atoms with van der Waals surface area (Å²) in [6, 6.07) is -0.552. The van der Waals surface area contributed by atoms with Crippen molar-refractivity contribution in [3.8, 4) is 0 Å². The molecule has 0 aromatic carbocycles. The second-order valence-corrected chi connectivity index (χ2v) is 20.3. The maximum absolute atomic E-state index is 12.5. The molecular formula is C60H115NO5. The number of carbonyl (C=O) groups is 2. The minimum Gasteiger partial charge on any atom is -0.466 e. The molecule has 0 saturated heterocycles. The molecule has 390 valence electrons. The Bertz CT molecular complexity index is 1030. The summed E-state index contributed by atoms with van der Waals surface area (Å²) in [6.07, 6.45) is 67.4. The van der Waals surface area contributed by atoms with Gasteiger partial charge in [-0.3, -0.25) is 9.59 Å². The molecule has 0 aliphatic heterocycles. The molecule has 0 radical (unpaired) electrons. The normalized spacial score (nSPS) is 12.7. The van der Waals surface area contributed by atoms with Crippen LogP contribution >= 0.6 is 0 Å². The molecular weight excluding hydrogens is 815 g/mol. The molecule has 66 heavy (non-hydrogen) atoms. The van der Waals surface area contributed by atoms with Crippen molar-refractivity contribution in [2.24, 2.45) is 0 Å². The van der Waals surface area contributed by atoms with Gasteiger partial charge in [-0.05, 0) is 77.0 Å². The summed E-state index contributed by atoms with van der Waals surface area (Å²) >= 11 is 0. The predicted molar refractivity (Wildman–Crippen MR) is 287 cm³/mol. The fourth-order valence-electron chi connectivity index (χ4n) is 9.16. The van der Waals surface area contributed by atoms with Crippen LogP contribution in [0.3, 0.4) is 0 Å². The molecule has 2 atom stereocenters. The Morgan fingerprint density at radius 2 is 0.712 bits per heavy atom. The van der Waals surface area contributed by atoms with Crippen molar-refractivity contribution >= 4 is 11.9 Å². The van der Waals surface area contributed by atoms with E-state index in [1.807, 2.05) is 0 Å². The number of carbonyl (C=O) groups excluding carboxylic acids is 2. The van der Waals surface area contributed by atoms with Gasteiger partial charge in [0.25, 0.3) is 0 Å². The lowest BCUT2D eigenvalue weighted by Crippen LogP contribution is -2.45. The van der Waals surface area contributed by atoms with E-state index in [0.29, 0.717) is 25.9 Å². The zero-order chi connectivity index (χ0) is 47.9. The van der Waals surface area contributed by atoms with Crippen molar-refractivity contribution in [2.45, 2.75) is 334 Å². The number of unbranched alkanes of at least 4 members (excludes halogenated alkanes) is 40. The highest BCUT2D eigenvalue weighted by atomic mass is 16.5. The van der Waals surface area contributed by atoms with Crippen LogP contribution in [0.4, 0.5) is 0 Å². The largest absolute Gasteiger partial charge is 0.466 e. The summed E-state index contributed by atoms with van der Waals surface area (Å²) in [6.45, 7) is 4.94. The van der Waals surface area contributed by atoms with Crippen LogP contribution in [-0.4, -0.2) is 47.4 Å².